The average Bonchev–Trinajstić information content (AvgIpc) is 2.81. The van der Waals surface area contributed by atoms with Crippen LogP contribution in [-0.4, -0.2) is 34.6 Å². The number of halogens is 1. The maximum absolute atomic E-state index is 13.0. The van der Waals surface area contributed by atoms with Crippen molar-refractivity contribution < 1.29 is 19.1 Å². The standard InChI is InChI=1S/C21H16ClNO4/c1-11(24)27-21-15-10-6-5-8-13(15)12-7-3-4-9-14(12)16(21)17-18(25)23(2)19(26)20(17,21)22/h3-10,16-17H,1-2H3/t16-,17-,20-,21-/m0/s1. The van der Waals surface area contributed by atoms with E-state index in [4.69, 9.17) is 16.3 Å². The van der Waals surface area contributed by atoms with E-state index in [0.29, 0.717) is 5.56 Å². The lowest BCUT2D eigenvalue weighted by atomic mass is 9.46. The summed E-state index contributed by atoms with van der Waals surface area (Å²) < 4.78 is 5.87. The molecule has 27 heavy (non-hydrogen) atoms. The highest BCUT2D eigenvalue weighted by Gasteiger charge is 2.85. The van der Waals surface area contributed by atoms with E-state index in [-0.39, 0.29) is 5.91 Å². The number of nitrogens with zero attached hydrogens (tertiary/aromatic N) is 1. The van der Waals surface area contributed by atoms with E-state index in [9.17, 15) is 14.4 Å². The van der Waals surface area contributed by atoms with Gasteiger partial charge in [0.1, 0.15) is 0 Å². The minimum absolute atomic E-state index is 0.336. The maximum atomic E-state index is 13.0. The molecule has 0 radical (unpaired) electrons. The minimum atomic E-state index is -1.64. The molecule has 0 aromatic heterocycles. The molecule has 3 aliphatic rings. The normalized spacial score (nSPS) is 32.8. The number of benzene rings is 2. The molecule has 1 saturated heterocycles. The summed E-state index contributed by atoms with van der Waals surface area (Å²) in [7, 11) is 1.43. The van der Waals surface area contributed by atoms with E-state index in [1.807, 2.05) is 48.5 Å². The summed E-state index contributed by atoms with van der Waals surface area (Å²) in [6.45, 7) is 1.30. The van der Waals surface area contributed by atoms with Crippen molar-refractivity contribution >= 4 is 29.4 Å². The lowest BCUT2D eigenvalue weighted by Gasteiger charge is -2.62. The molecule has 5 rings (SSSR count). The molecule has 2 amide bonds. The SMILES string of the molecule is CC(=O)O[C@@]12c3ccccc3-c3ccccc3[C@H]1[C@H]1C(=O)N(C)C(=O)[C@@]12Cl. The van der Waals surface area contributed by atoms with Crippen molar-refractivity contribution in [3.63, 3.8) is 0 Å². The van der Waals surface area contributed by atoms with Crippen molar-refractivity contribution in [2.24, 2.45) is 5.92 Å². The zero-order chi connectivity index (χ0) is 19.1. The second-order valence-corrected chi connectivity index (χ2v) is 7.93. The van der Waals surface area contributed by atoms with Gasteiger partial charge < -0.3 is 4.74 Å². The molecule has 0 unspecified atom stereocenters. The van der Waals surface area contributed by atoms with E-state index in [1.54, 1.807) is 0 Å². The summed E-state index contributed by atoms with van der Waals surface area (Å²) in [5.74, 6) is -2.68. The Labute approximate surface area is 160 Å². The molecule has 5 nitrogen and oxygen atoms in total. The molecule has 4 atom stereocenters. The number of carbonyl (C=O) groups excluding carboxylic acids is 3. The van der Waals surface area contributed by atoms with Gasteiger partial charge in [-0.1, -0.05) is 48.5 Å². The van der Waals surface area contributed by atoms with Crippen molar-refractivity contribution in [3.05, 3.63) is 59.7 Å². The summed E-state index contributed by atoms with van der Waals surface area (Å²) in [5.41, 5.74) is 1.96. The first-order chi connectivity index (χ1) is 12.9. The number of amides is 2. The predicted molar refractivity (Wildman–Crippen MR) is 97.9 cm³/mol. The molecule has 2 aliphatic carbocycles. The molecule has 1 saturated carbocycles. The second-order valence-electron chi connectivity index (χ2n) is 7.33. The van der Waals surface area contributed by atoms with Gasteiger partial charge in [0.05, 0.1) is 5.92 Å². The number of imide groups is 1. The van der Waals surface area contributed by atoms with Crippen LogP contribution in [0.4, 0.5) is 0 Å². The number of hydrogen-bond acceptors (Lipinski definition) is 4. The smallest absolute Gasteiger partial charge is 0.303 e. The molecule has 6 heteroatoms. The zero-order valence-corrected chi connectivity index (χ0v) is 15.5. The highest BCUT2D eigenvalue weighted by atomic mass is 35.5. The van der Waals surface area contributed by atoms with Gasteiger partial charge in [0.15, 0.2) is 10.5 Å². The van der Waals surface area contributed by atoms with Crippen LogP contribution in [0.15, 0.2) is 48.5 Å². The number of likely N-dealkylation sites (tertiary alicyclic amines) is 1. The lowest BCUT2D eigenvalue weighted by Crippen LogP contribution is -2.73. The molecule has 1 heterocycles. The van der Waals surface area contributed by atoms with Crippen LogP contribution in [0.3, 0.4) is 0 Å². The number of carbonyl (C=O) groups is 3. The quantitative estimate of drug-likeness (QED) is 0.433. The van der Waals surface area contributed by atoms with Crippen molar-refractivity contribution in [3.8, 4) is 11.1 Å². The highest BCUT2D eigenvalue weighted by molar-refractivity contribution is 6.43. The summed E-state index contributed by atoms with van der Waals surface area (Å²) >= 11 is 6.92. The Morgan fingerprint density at radius 3 is 2.37 bits per heavy atom. The van der Waals surface area contributed by atoms with Gasteiger partial charge in [0.25, 0.3) is 5.91 Å². The van der Waals surface area contributed by atoms with Gasteiger partial charge in [-0.3, -0.25) is 19.3 Å². The van der Waals surface area contributed by atoms with Gasteiger partial charge in [-0.2, -0.15) is 0 Å². The molecule has 2 aromatic rings. The summed E-state index contributed by atoms with van der Waals surface area (Å²) in [6.07, 6.45) is 0. The number of hydrogen-bond donors (Lipinski definition) is 0. The molecule has 0 N–H and O–H groups in total. The fourth-order valence-electron chi connectivity index (χ4n) is 5.22. The molecule has 0 bridgehead atoms. The van der Waals surface area contributed by atoms with Crippen LogP contribution in [0.1, 0.15) is 24.0 Å². The van der Waals surface area contributed by atoms with E-state index < -0.39 is 34.2 Å². The van der Waals surface area contributed by atoms with Gasteiger partial charge in [0.2, 0.25) is 5.91 Å². The maximum Gasteiger partial charge on any atom is 0.303 e. The Morgan fingerprint density at radius 2 is 1.67 bits per heavy atom. The first-order valence-corrected chi connectivity index (χ1v) is 9.12. The van der Waals surface area contributed by atoms with E-state index in [0.717, 1.165) is 21.6 Å². The highest BCUT2D eigenvalue weighted by Crippen LogP contribution is 2.74. The predicted octanol–water partition coefficient (Wildman–Crippen LogP) is 2.82. The van der Waals surface area contributed by atoms with Crippen molar-refractivity contribution in [2.75, 3.05) is 7.05 Å². The number of alkyl halides is 1. The van der Waals surface area contributed by atoms with Crippen LogP contribution in [0.2, 0.25) is 0 Å². The average molecular weight is 382 g/mol. The van der Waals surface area contributed by atoms with Crippen LogP contribution in [0.5, 0.6) is 0 Å². The minimum Gasteiger partial charge on any atom is -0.451 e. The van der Waals surface area contributed by atoms with Crippen LogP contribution < -0.4 is 0 Å². The van der Waals surface area contributed by atoms with Gasteiger partial charge in [-0.25, -0.2) is 0 Å². The van der Waals surface area contributed by atoms with Gasteiger partial charge in [0, 0.05) is 25.5 Å². The van der Waals surface area contributed by atoms with Crippen LogP contribution in [0, 0.1) is 5.92 Å². The molecule has 2 fully saturated rings. The number of esters is 1. The monoisotopic (exact) mass is 381 g/mol. The fraction of sp³-hybridized carbons (Fsp3) is 0.286. The molecule has 2 aromatic carbocycles. The zero-order valence-electron chi connectivity index (χ0n) is 14.7. The third-order valence-corrected chi connectivity index (χ3v) is 6.85. The summed E-state index contributed by atoms with van der Waals surface area (Å²) in [5, 5.41) is 0. The van der Waals surface area contributed by atoms with Crippen molar-refractivity contribution in [2.45, 2.75) is 23.3 Å². The molecule has 1 aliphatic heterocycles. The number of rotatable bonds is 1. The van der Waals surface area contributed by atoms with Gasteiger partial charge in [-0.15, -0.1) is 11.6 Å². The Morgan fingerprint density at radius 1 is 1.04 bits per heavy atom. The van der Waals surface area contributed by atoms with E-state index >= 15 is 0 Å². The largest absolute Gasteiger partial charge is 0.451 e. The topological polar surface area (TPSA) is 63.7 Å². The van der Waals surface area contributed by atoms with Crippen LogP contribution in [0.25, 0.3) is 11.1 Å². The van der Waals surface area contributed by atoms with Crippen molar-refractivity contribution in [1.82, 2.24) is 4.90 Å². The van der Waals surface area contributed by atoms with E-state index in [2.05, 4.69) is 0 Å². The molecular formula is C21H16ClNO4. The van der Waals surface area contributed by atoms with Gasteiger partial charge >= 0.3 is 5.97 Å². The van der Waals surface area contributed by atoms with Crippen molar-refractivity contribution in [1.29, 1.82) is 0 Å². The van der Waals surface area contributed by atoms with Crippen LogP contribution >= 0.6 is 11.6 Å². The molecule has 136 valence electrons. The molecule has 0 spiro atoms. The summed E-state index contributed by atoms with van der Waals surface area (Å²) in [4.78, 5) is 37.5. The third kappa shape index (κ3) is 1.61. The lowest BCUT2D eigenvalue weighted by molar-refractivity contribution is -0.197. The number of fused-ring (bicyclic) bond motifs is 9. The number of ether oxygens (including phenoxy) is 1. The van der Waals surface area contributed by atoms with Crippen LogP contribution in [-0.2, 0) is 24.7 Å². The first-order valence-electron chi connectivity index (χ1n) is 8.75. The Kier molecular flexibility index (Phi) is 3.05. The second kappa shape index (κ2) is 4.98. The van der Waals surface area contributed by atoms with E-state index in [1.165, 1.54) is 14.0 Å². The Hall–Kier alpha value is -2.66. The summed E-state index contributed by atoms with van der Waals surface area (Å²) in [6, 6.07) is 15.2. The Balaban J connectivity index is 1.90. The molecular weight excluding hydrogens is 366 g/mol. The Bertz CT molecular complexity index is 1050. The van der Waals surface area contributed by atoms with Gasteiger partial charge in [-0.05, 0) is 16.7 Å². The third-order valence-electron chi connectivity index (χ3n) is 6.17. The first kappa shape index (κ1) is 16.5. The fourth-order valence-corrected chi connectivity index (χ4v) is 5.82.